The van der Waals surface area contributed by atoms with Gasteiger partial charge in [-0.2, -0.15) is 0 Å². The van der Waals surface area contributed by atoms with Gasteiger partial charge < -0.3 is 10.5 Å². The number of nitrogens with zero attached hydrogens (tertiary/aromatic N) is 3. The van der Waals surface area contributed by atoms with Crippen molar-refractivity contribution in [3.05, 3.63) is 17.8 Å². The number of hydrogen-bond acceptors (Lipinski definition) is 5. The number of carbonyl (C=O) groups is 1. The zero-order valence-electron chi connectivity index (χ0n) is 11.2. The number of ether oxygens (including phenoxy) is 1. The number of hydrogen-bond donors (Lipinski definition) is 1. The summed E-state index contributed by atoms with van der Waals surface area (Å²) in [5.74, 6) is 0.246. The van der Waals surface area contributed by atoms with E-state index in [1.54, 1.807) is 13.1 Å². The molecule has 0 fully saturated rings. The molecule has 0 amide bonds. The van der Waals surface area contributed by atoms with Gasteiger partial charge in [0.05, 0.1) is 6.61 Å². The molecule has 2 rings (SSSR count). The number of imidazole rings is 1. The molecule has 0 aliphatic carbocycles. The summed E-state index contributed by atoms with van der Waals surface area (Å²) in [4.78, 5) is 19.9. The maximum absolute atomic E-state index is 11.3. The zero-order chi connectivity index (χ0) is 13.8. The van der Waals surface area contributed by atoms with E-state index in [9.17, 15) is 4.79 Å². The number of carbonyl (C=O) groups excluding carboxylic acids is 1. The summed E-state index contributed by atoms with van der Waals surface area (Å²) >= 11 is 0. The zero-order valence-corrected chi connectivity index (χ0v) is 11.2. The minimum Gasteiger partial charge on any atom is -0.466 e. The first kappa shape index (κ1) is 13.3. The van der Waals surface area contributed by atoms with E-state index >= 15 is 0 Å². The van der Waals surface area contributed by atoms with E-state index in [0.29, 0.717) is 31.9 Å². The van der Waals surface area contributed by atoms with E-state index in [1.165, 1.54) is 0 Å². The molecular weight excluding hydrogens is 244 g/mol. The van der Waals surface area contributed by atoms with Crippen molar-refractivity contribution in [2.24, 2.45) is 0 Å². The lowest BCUT2D eigenvalue weighted by molar-refractivity contribution is -0.143. The number of anilines is 1. The number of esters is 1. The van der Waals surface area contributed by atoms with Crippen molar-refractivity contribution in [1.29, 1.82) is 0 Å². The largest absolute Gasteiger partial charge is 0.466 e. The quantitative estimate of drug-likeness (QED) is 0.829. The van der Waals surface area contributed by atoms with Gasteiger partial charge in [0.15, 0.2) is 5.65 Å². The molecule has 2 heterocycles. The number of fused-ring (bicyclic) bond motifs is 1. The van der Waals surface area contributed by atoms with Gasteiger partial charge in [-0.25, -0.2) is 9.97 Å². The molecule has 0 spiro atoms. The van der Waals surface area contributed by atoms with Crippen LogP contribution in [0, 0.1) is 6.92 Å². The monoisotopic (exact) mass is 262 g/mol. The van der Waals surface area contributed by atoms with Gasteiger partial charge >= 0.3 is 5.97 Å². The molecule has 19 heavy (non-hydrogen) atoms. The first-order valence-electron chi connectivity index (χ1n) is 6.36. The number of nitrogens with two attached hydrogens (primary N) is 1. The Hall–Kier alpha value is -2.11. The van der Waals surface area contributed by atoms with Crippen molar-refractivity contribution in [2.75, 3.05) is 12.3 Å². The van der Waals surface area contributed by atoms with Gasteiger partial charge in [0.1, 0.15) is 5.52 Å². The Morgan fingerprint density at radius 1 is 1.53 bits per heavy atom. The molecule has 102 valence electrons. The third-order valence-corrected chi connectivity index (χ3v) is 2.93. The van der Waals surface area contributed by atoms with Gasteiger partial charge in [-0.3, -0.25) is 9.36 Å². The minimum atomic E-state index is -0.186. The molecule has 0 atom stereocenters. The Morgan fingerprint density at radius 2 is 2.32 bits per heavy atom. The normalized spacial score (nSPS) is 10.8. The highest BCUT2D eigenvalue weighted by Crippen LogP contribution is 2.19. The van der Waals surface area contributed by atoms with Crippen LogP contribution in [0.5, 0.6) is 0 Å². The maximum Gasteiger partial charge on any atom is 0.305 e. The SMILES string of the molecule is CCOC(=O)CCCn1c(N)nc2c(C)ccnc21. The maximum atomic E-state index is 11.3. The summed E-state index contributed by atoms with van der Waals surface area (Å²) in [6.45, 7) is 4.79. The average Bonchev–Trinajstić information content (AvgIpc) is 2.68. The Bertz CT molecular complexity index is 592. The highest BCUT2D eigenvalue weighted by Gasteiger charge is 2.11. The summed E-state index contributed by atoms with van der Waals surface area (Å²) in [5, 5.41) is 0. The summed E-state index contributed by atoms with van der Waals surface area (Å²) < 4.78 is 6.72. The molecule has 2 N–H and O–H groups in total. The van der Waals surface area contributed by atoms with Crippen LogP contribution >= 0.6 is 0 Å². The molecule has 6 nitrogen and oxygen atoms in total. The van der Waals surface area contributed by atoms with Gasteiger partial charge in [0.2, 0.25) is 5.95 Å². The molecule has 0 unspecified atom stereocenters. The average molecular weight is 262 g/mol. The number of aryl methyl sites for hydroxylation is 2. The molecule has 0 aliphatic rings. The van der Waals surface area contributed by atoms with Gasteiger partial charge in [-0.1, -0.05) is 0 Å². The lowest BCUT2D eigenvalue weighted by Gasteiger charge is -2.05. The van der Waals surface area contributed by atoms with Gasteiger partial charge in [0, 0.05) is 19.2 Å². The first-order chi connectivity index (χ1) is 9.13. The number of nitrogen functional groups attached to an aromatic ring is 1. The molecular formula is C13H18N4O2. The molecule has 0 aromatic carbocycles. The highest BCUT2D eigenvalue weighted by molar-refractivity contribution is 5.77. The van der Waals surface area contributed by atoms with E-state index in [2.05, 4.69) is 9.97 Å². The molecule has 6 heteroatoms. The second kappa shape index (κ2) is 5.69. The number of pyridine rings is 1. The van der Waals surface area contributed by atoms with E-state index in [4.69, 9.17) is 10.5 Å². The standard InChI is InChI=1S/C13H18N4O2/c1-3-19-10(18)5-4-8-17-12-11(16-13(17)14)9(2)6-7-15-12/h6-7H,3-5,8H2,1-2H3,(H2,14,16). The van der Waals surface area contributed by atoms with Crippen molar-refractivity contribution < 1.29 is 9.53 Å². The molecule has 2 aromatic rings. The van der Waals surface area contributed by atoms with Crippen molar-refractivity contribution in [3.8, 4) is 0 Å². The predicted octanol–water partition coefficient (Wildman–Crippen LogP) is 1.67. The van der Waals surface area contributed by atoms with Crippen LogP contribution in [0.25, 0.3) is 11.2 Å². The van der Waals surface area contributed by atoms with Crippen LogP contribution in [-0.2, 0) is 16.1 Å². The topological polar surface area (TPSA) is 83.0 Å². The summed E-state index contributed by atoms with van der Waals surface area (Å²) in [7, 11) is 0. The van der Waals surface area contributed by atoms with Crippen LogP contribution in [0.3, 0.4) is 0 Å². The van der Waals surface area contributed by atoms with Crippen molar-refractivity contribution in [3.63, 3.8) is 0 Å². The van der Waals surface area contributed by atoms with Gasteiger partial charge in [0.25, 0.3) is 0 Å². The predicted molar refractivity (Wildman–Crippen MR) is 72.5 cm³/mol. The summed E-state index contributed by atoms with van der Waals surface area (Å²) in [6.07, 6.45) is 2.77. The highest BCUT2D eigenvalue weighted by atomic mass is 16.5. The molecule has 0 saturated carbocycles. The van der Waals surface area contributed by atoms with Crippen LogP contribution < -0.4 is 5.73 Å². The van der Waals surface area contributed by atoms with E-state index < -0.39 is 0 Å². The number of aromatic nitrogens is 3. The molecule has 0 radical (unpaired) electrons. The summed E-state index contributed by atoms with van der Waals surface area (Å²) in [5.41, 5.74) is 8.52. The Labute approximate surface area is 111 Å². The van der Waals surface area contributed by atoms with Gasteiger partial charge in [-0.05, 0) is 31.9 Å². The van der Waals surface area contributed by atoms with Gasteiger partial charge in [-0.15, -0.1) is 0 Å². The molecule has 0 saturated heterocycles. The van der Waals surface area contributed by atoms with E-state index in [1.807, 2.05) is 17.6 Å². The fourth-order valence-corrected chi connectivity index (χ4v) is 1.99. The fourth-order valence-electron chi connectivity index (χ4n) is 1.99. The van der Waals surface area contributed by atoms with Crippen LogP contribution in [0.15, 0.2) is 12.3 Å². The fraction of sp³-hybridized carbons (Fsp3) is 0.462. The Kier molecular flexibility index (Phi) is 3.99. The van der Waals surface area contributed by atoms with Crippen LogP contribution in [0.2, 0.25) is 0 Å². The number of rotatable bonds is 5. The Morgan fingerprint density at radius 3 is 3.05 bits per heavy atom. The molecule has 0 aliphatic heterocycles. The minimum absolute atomic E-state index is 0.186. The third kappa shape index (κ3) is 2.83. The van der Waals surface area contributed by atoms with Crippen LogP contribution in [0.4, 0.5) is 5.95 Å². The summed E-state index contributed by atoms with van der Waals surface area (Å²) in [6, 6.07) is 1.90. The third-order valence-electron chi connectivity index (χ3n) is 2.93. The lowest BCUT2D eigenvalue weighted by Crippen LogP contribution is -2.08. The van der Waals surface area contributed by atoms with Crippen molar-refractivity contribution >= 4 is 23.1 Å². The van der Waals surface area contributed by atoms with Crippen LogP contribution in [0.1, 0.15) is 25.3 Å². The Balaban J connectivity index is 2.10. The molecule has 2 aromatic heterocycles. The van der Waals surface area contributed by atoms with Crippen molar-refractivity contribution in [2.45, 2.75) is 33.2 Å². The van der Waals surface area contributed by atoms with E-state index in [-0.39, 0.29) is 5.97 Å². The molecule has 0 bridgehead atoms. The second-order valence-corrected chi connectivity index (χ2v) is 4.33. The first-order valence-corrected chi connectivity index (χ1v) is 6.36. The van der Waals surface area contributed by atoms with E-state index in [0.717, 1.165) is 16.7 Å². The van der Waals surface area contributed by atoms with Crippen molar-refractivity contribution in [1.82, 2.24) is 14.5 Å². The second-order valence-electron chi connectivity index (χ2n) is 4.33. The smallest absolute Gasteiger partial charge is 0.305 e. The lowest BCUT2D eigenvalue weighted by atomic mass is 10.2. The van der Waals surface area contributed by atoms with Crippen LogP contribution in [-0.4, -0.2) is 27.1 Å².